The van der Waals surface area contributed by atoms with Gasteiger partial charge in [0.15, 0.2) is 0 Å². The number of piperidine rings is 1. The number of nitro groups is 1. The molecule has 0 aromatic heterocycles. The molecule has 6 heteroatoms. The van der Waals surface area contributed by atoms with Crippen molar-refractivity contribution in [3.63, 3.8) is 0 Å². The van der Waals surface area contributed by atoms with Gasteiger partial charge < -0.3 is 5.11 Å². The summed E-state index contributed by atoms with van der Waals surface area (Å²) < 4.78 is 0. The molecule has 6 nitrogen and oxygen atoms in total. The predicted molar refractivity (Wildman–Crippen MR) is 78.1 cm³/mol. The fraction of sp³-hybridized carbons (Fsp3) is 0.533. The number of likely N-dealkylation sites (tertiary alicyclic amines) is 1. The maximum absolute atomic E-state index is 11.1. The van der Waals surface area contributed by atoms with E-state index < -0.39 is 5.97 Å². The molecule has 1 aromatic carbocycles. The molecule has 1 saturated heterocycles. The second-order valence-electron chi connectivity index (χ2n) is 5.46. The summed E-state index contributed by atoms with van der Waals surface area (Å²) in [5, 5.41) is 20.0. The van der Waals surface area contributed by atoms with Gasteiger partial charge >= 0.3 is 5.97 Å². The summed E-state index contributed by atoms with van der Waals surface area (Å²) in [4.78, 5) is 23.8. The Morgan fingerprint density at radius 3 is 2.62 bits per heavy atom. The number of benzene rings is 1. The second kappa shape index (κ2) is 6.67. The first-order valence-electron chi connectivity index (χ1n) is 7.22. The third-order valence-corrected chi connectivity index (χ3v) is 4.07. The Morgan fingerprint density at radius 1 is 1.43 bits per heavy atom. The first-order chi connectivity index (χ1) is 10.0. The summed E-state index contributed by atoms with van der Waals surface area (Å²) in [6.45, 7) is 3.98. The molecule has 114 valence electrons. The lowest BCUT2D eigenvalue weighted by molar-refractivity contribution is -0.385. The smallest absolute Gasteiger partial charge is 0.306 e. The summed E-state index contributed by atoms with van der Waals surface area (Å²) in [5.41, 5.74) is 1.83. The van der Waals surface area contributed by atoms with E-state index in [2.05, 4.69) is 4.90 Å². The number of hydrogen-bond donors (Lipinski definition) is 1. The highest BCUT2D eigenvalue weighted by Gasteiger charge is 2.24. The summed E-state index contributed by atoms with van der Waals surface area (Å²) in [6.07, 6.45) is 1.93. The van der Waals surface area contributed by atoms with Gasteiger partial charge in [0.25, 0.3) is 5.69 Å². The molecule has 0 aliphatic carbocycles. The molecule has 2 rings (SSSR count). The minimum atomic E-state index is -0.724. The molecule has 1 aliphatic rings. The minimum absolute atomic E-state index is 0.176. The van der Waals surface area contributed by atoms with Crippen LogP contribution >= 0.6 is 0 Å². The zero-order valence-corrected chi connectivity index (χ0v) is 12.1. The number of aryl methyl sites for hydroxylation is 1. The SMILES string of the molecule is CCc1ccc(CN2CCC(C(=O)O)CC2)cc1[N+](=O)[O-]. The quantitative estimate of drug-likeness (QED) is 0.665. The molecule has 1 aliphatic heterocycles. The predicted octanol–water partition coefficient (Wildman–Crippen LogP) is 2.45. The molecule has 1 aromatic rings. The molecule has 1 heterocycles. The van der Waals surface area contributed by atoms with Crippen LogP contribution < -0.4 is 0 Å². The number of aliphatic carboxylic acids is 1. The van der Waals surface area contributed by atoms with Crippen molar-refractivity contribution in [2.24, 2.45) is 5.92 Å². The first kappa shape index (κ1) is 15.4. The molecule has 0 unspecified atom stereocenters. The van der Waals surface area contributed by atoms with Crippen LogP contribution in [0.5, 0.6) is 0 Å². The van der Waals surface area contributed by atoms with E-state index in [-0.39, 0.29) is 16.5 Å². The molecule has 1 fully saturated rings. The highest BCUT2D eigenvalue weighted by atomic mass is 16.6. The van der Waals surface area contributed by atoms with E-state index in [1.807, 2.05) is 19.1 Å². The Bertz CT molecular complexity index is 536. The van der Waals surface area contributed by atoms with Gasteiger partial charge in [-0.25, -0.2) is 0 Å². The van der Waals surface area contributed by atoms with E-state index in [0.29, 0.717) is 25.8 Å². The van der Waals surface area contributed by atoms with Crippen LogP contribution in [-0.2, 0) is 17.8 Å². The maximum atomic E-state index is 11.1. The van der Waals surface area contributed by atoms with Gasteiger partial charge in [0.05, 0.1) is 10.8 Å². The van der Waals surface area contributed by atoms with E-state index >= 15 is 0 Å². The molecule has 0 amide bonds. The van der Waals surface area contributed by atoms with Crippen molar-refractivity contribution in [3.05, 3.63) is 39.4 Å². The van der Waals surface area contributed by atoms with Gasteiger partial charge in [-0.3, -0.25) is 19.8 Å². The van der Waals surface area contributed by atoms with Crippen molar-refractivity contribution < 1.29 is 14.8 Å². The van der Waals surface area contributed by atoms with Gasteiger partial charge in [-0.15, -0.1) is 0 Å². The van der Waals surface area contributed by atoms with Crippen molar-refractivity contribution in [1.29, 1.82) is 0 Å². The number of carbonyl (C=O) groups is 1. The van der Waals surface area contributed by atoms with Crippen LogP contribution in [0.4, 0.5) is 5.69 Å². The summed E-state index contributed by atoms with van der Waals surface area (Å²) in [6, 6.07) is 5.38. The average Bonchev–Trinajstić information content (AvgIpc) is 2.47. The van der Waals surface area contributed by atoms with Crippen molar-refractivity contribution in [3.8, 4) is 0 Å². The van der Waals surface area contributed by atoms with E-state index in [4.69, 9.17) is 5.11 Å². The van der Waals surface area contributed by atoms with Gasteiger partial charge in [0, 0.05) is 18.2 Å². The summed E-state index contributed by atoms with van der Waals surface area (Å²) in [5.74, 6) is -0.976. The number of nitrogens with zero attached hydrogens (tertiary/aromatic N) is 2. The highest BCUT2D eigenvalue weighted by molar-refractivity contribution is 5.70. The molecule has 0 bridgehead atoms. The van der Waals surface area contributed by atoms with E-state index in [0.717, 1.165) is 24.2 Å². The number of hydrogen-bond acceptors (Lipinski definition) is 4. The molecule has 0 saturated carbocycles. The average molecular weight is 292 g/mol. The second-order valence-corrected chi connectivity index (χ2v) is 5.46. The molecule has 0 radical (unpaired) electrons. The van der Waals surface area contributed by atoms with Crippen LogP contribution in [0.1, 0.15) is 30.9 Å². The topological polar surface area (TPSA) is 83.7 Å². The van der Waals surface area contributed by atoms with Gasteiger partial charge in [0.2, 0.25) is 0 Å². The Morgan fingerprint density at radius 2 is 2.10 bits per heavy atom. The number of carboxylic acid groups (broad SMARTS) is 1. The lowest BCUT2D eigenvalue weighted by Gasteiger charge is -2.30. The zero-order valence-electron chi connectivity index (χ0n) is 12.1. The number of nitro benzene ring substituents is 1. The van der Waals surface area contributed by atoms with Crippen LogP contribution in [0, 0.1) is 16.0 Å². The van der Waals surface area contributed by atoms with Crippen LogP contribution in [0.2, 0.25) is 0 Å². The largest absolute Gasteiger partial charge is 0.481 e. The zero-order chi connectivity index (χ0) is 15.4. The van der Waals surface area contributed by atoms with Crippen molar-refractivity contribution in [1.82, 2.24) is 4.90 Å². The third kappa shape index (κ3) is 3.78. The maximum Gasteiger partial charge on any atom is 0.306 e. The molecule has 0 spiro atoms. The highest BCUT2D eigenvalue weighted by Crippen LogP contribution is 2.24. The fourth-order valence-corrected chi connectivity index (χ4v) is 2.77. The normalized spacial score (nSPS) is 16.8. The van der Waals surface area contributed by atoms with Gasteiger partial charge in [-0.05, 0) is 37.9 Å². The first-order valence-corrected chi connectivity index (χ1v) is 7.22. The van der Waals surface area contributed by atoms with Gasteiger partial charge in [0.1, 0.15) is 0 Å². The fourth-order valence-electron chi connectivity index (χ4n) is 2.77. The van der Waals surface area contributed by atoms with Crippen LogP contribution in [0.3, 0.4) is 0 Å². The Hall–Kier alpha value is -1.95. The number of rotatable bonds is 5. The minimum Gasteiger partial charge on any atom is -0.481 e. The summed E-state index contributed by atoms with van der Waals surface area (Å²) in [7, 11) is 0. The van der Waals surface area contributed by atoms with Crippen molar-refractivity contribution >= 4 is 11.7 Å². The lowest BCUT2D eigenvalue weighted by atomic mass is 9.96. The van der Waals surface area contributed by atoms with Crippen LogP contribution in [-0.4, -0.2) is 34.0 Å². The monoisotopic (exact) mass is 292 g/mol. The lowest BCUT2D eigenvalue weighted by Crippen LogP contribution is -2.35. The van der Waals surface area contributed by atoms with Crippen molar-refractivity contribution in [2.75, 3.05) is 13.1 Å². The van der Waals surface area contributed by atoms with Gasteiger partial charge in [-0.2, -0.15) is 0 Å². The molecular formula is C15H20N2O4. The molecule has 0 atom stereocenters. The molecule has 1 N–H and O–H groups in total. The number of carboxylic acids is 1. The van der Waals surface area contributed by atoms with Crippen LogP contribution in [0.15, 0.2) is 18.2 Å². The third-order valence-electron chi connectivity index (χ3n) is 4.07. The molecule has 21 heavy (non-hydrogen) atoms. The Labute approximate surface area is 123 Å². The standard InChI is InChI=1S/C15H20N2O4/c1-2-12-4-3-11(9-14(12)17(20)21)10-16-7-5-13(6-8-16)15(18)19/h3-4,9,13H,2,5-8,10H2,1H3,(H,18,19). The molecular weight excluding hydrogens is 272 g/mol. The van der Waals surface area contributed by atoms with E-state index in [1.165, 1.54) is 0 Å². The van der Waals surface area contributed by atoms with Gasteiger partial charge in [-0.1, -0.05) is 19.1 Å². The van der Waals surface area contributed by atoms with Crippen LogP contribution in [0.25, 0.3) is 0 Å². The summed E-state index contributed by atoms with van der Waals surface area (Å²) >= 11 is 0. The van der Waals surface area contributed by atoms with Crippen molar-refractivity contribution in [2.45, 2.75) is 32.7 Å². The Balaban J connectivity index is 2.02. The van der Waals surface area contributed by atoms with E-state index in [1.54, 1.807) is 6.07 Å². The Kier molecular flexibility index (Phi) is 4.90. The van der Waals surface area contributed by atoms with E-state index in [9.17, 15) is 14.9 Å².